The van der Waals surface area contributed by atoms with Crippen LogP contribution >= 0.6 is 15.9 Å². The lowest BCUT2D eigenvalue weighted by molar-refractivity contribution is 0.0985. The van der Waals surface area contributed by atoms with Crippen LogP contribution in [-0.2, 0) is 0 Å². The summed E-state index contributed by atoms with van der Waals surface area (Å²) in [5.41, 5.74) is 7.43. The molecule has 2 N–H and O–H groups in total. The van der Waals surface area contributed by atoms with E-state index in [2.05, 4.69) is 35.8 Å². The highest BCUT2D eigenvalue weighted by Gasteiger charge is 2.13. The maximum Gasteiger partial charge on any atom is 0.164 e. The molecule has 0 saturated heterocycles. The third-order valence-electron chi connectivity index (χ3n) is 3.12. The molecule has 1 aromatic rings. The van der Waals surface area contributed by atoms with Gasteiger partial charge in [-0.15, -0.1) is 0 Å². The van der Waals surface area contributed by atoms with Crippen LogP contribution in [0.5, 0.6) is 0 Å². The first kappa shape index (κ1) is 14.4. The van der Waals surface area contributed by atoms with Crippen molar-refractivity contribution < 1.29 is 4.79 Å². The van der Waals surface area contributed by atoms with Crippen LogP contribution in [0.3, 0.4) is 0 Å². The maximum atomic E-state index is 11.7. The van der Waals surface area contributed by atoms with E-state index in [1.54, 1.807) is 0 Å². The third-order valence-corrected chi connectivity index (χ3v) is 3.81. The van der Waals surface area contributed by atoms with E-state index in [-0.39, 0.29) is 5.78 Å². The standard InChI is InChI=1S/C14H20BrNO/c1-3-10(4-2)12-6-5-11(9-13(12)15)14(17)7-8-16/h5-6,9-10H,3-4,7-8,16H2,1-2H3. The molecule has 3 heteroatoms. The van der Waals surface area contributed by atoms with Crippen LogP contribution in [0.4, 0.5) is 0 Å². The Labute approximate surface area is 112 Å². The van der Waals surface area contributed by atoms with Crippen LogP contribution in [0.15, 0.2) is 22.7 Å². The van der Waals surface area contributed by atoms with E-state index in [1.165, 1.54) is 5.56 Å². The number of Topliss-reactive ketones (excluding diaryl/α,β-unsaturated/α-hetero) is 1. The van der Waals surface area contributed by atoms with Crippen molar-refractivity contribution in [3.05, 3.63) is 33.8 Å². The summed E-state index contributed by atoms with van der Waals surface area (Å²) in [6.07, 6.45) is 2.65. The van der Waals surface area contributed by atoms with Gasteiger partial charge in [0.1, 0.15) is 0 Å². The van der Waals surface area contributed by atoms with Crippen molar-refractivity contribution >= 4 is 21.7 Å². The van der Waals surface area contributed by atoms with Gasteiger partial charge in [0.25, 0.3) is 0 Å². The molecule has 0 aromatic heterocycles. The lowest BCUT2D eigenvalue weighted by Crippen LogP contribution is -2.08. The Hall–Kier alpha value is -0.670. The minimum atomic E-state index is 0.115. The average Bonchev–Trinajstić information content (AvgIpc) is 2.32. The number of ketones is 1. The molecule has 2 nitrogen and oxygen atoms in total. The Kier molecular flexibility index (Phi) is 5.86. The number of rotatable bonds is 6. The van der Waals surface area contributed by atoms with E-state index < -0.39 is 0 Å². The fraction of sp³-hybridized carbons (Fsp3) is 0.500. The van der Waals surface area contributed by atoms with Crippen LogP contribution in [0, 0.1) is 0 Å². The van der Waals surface area contributed by atoms with E-state index in [9.17, 15) is 4.79 Å². The first-order chi connectivity index (χ1) is 8.13. The molecule has 1 rings (SSSR count). The molecule has 0 radical (unpaired) electrons. The molecular formula is C14H20BrNO. The van der Waals surface area contributed by atoms with E-state index in [4.69, 9.17) is 5.73 Å². The average molecular weight is 298 g/mol. The maximum absolute atomic E-state index is 11.7. The molecule has 17 heavy (non-hydrogen) atoms. The second-order valence-electron chi connectivity index (χ2n) is 4.21. The summed E-state index contributed by atoms with van der Waals surface area (Å²) in [7, 11) is 0. The molecule has 0 saturated carbocycles. The summed E-state index contributed by atoms with van der Waals surface area (Å²) >= 11 is 3.57. The predicted molar refractivity (Wildman–Crippen MR) is 75.5 cm³/mol. The number of benzene rings is 1. The molecule has 0 aliphatic carbocycles. The molecule has 0 atom stereocenters. The third kappa shape index (κ3) is 3.65. The van der Waals surface area contributed by atoms with Gasteiger partial charge in [-0.05, 0) is 36.9 Å². The van der Waals surface area contributed by atoms with Gasteiger partial charge < -0.3 is 5.73 Å². The largest absolute Gasteiger partial charge is 0.330 e. The van der Waals surface area contributed by atoms with Gasteiger partial charge in [0.2, 0.25) is 0 Å². The van der Waals surface area contributed by atoms with Crippen LogP contribution < -0.4 is 5.73 Å². The van der Waals surface area contributed by atoms with Gasteiger partial charge in [0.15, 0.2) is 5.78 Å². The molecule has 0 bridgehead atoms. The minimum absolute atomic E-state index is 0.115. The summed E-state index contributed by atoms with van der Waals surface area (Å²) in [5, 5.41) is 0. The van der Waals surface area contributed by atoms with Crippen LogP contribution in [0.2, 0.25) is 0 Å². The quantitative estimate of drug-likeness (QED) is 0.810. The van der Waals surface area contributed by atoms with Crippen molar-refractivity contribution in [3.63, 3.8) is 0 Å². The summed E-state index contributed by atoms with van der Waals surface area (Å²) in [5.74, 6) is 0.673. The number of carbonyl (C=O) groups excluding carboxylic acids is 1. The zero-order chi connectivity index (χ0) is 12.8. The van der Waals surface area contributed by atoms with Gasteiger partial charge in [0.05, 0.1) is 0 Å². The van der Waals surface area contributed by atoms with Crippen molar-refractivity contribution in [2.75, 3.05) is 6.54 Å². The Morgan fingerprint density at radius 3 is 2.47 bits per heavy atom. The fourth-order valence-corrected chi connectivity index (χ4v) is 2.74. The summed E-state index contributed by atoms with van der Waals surface area (Å²) in [6, 6.07) is 5.90. The number of hydrogen-bond acceptors (Lipinski definition) is 2. The van der Waals surface area contributed by atoms with E-state index in [0.717, 1.165) is 22.9 Å². The molecule has 0 aliphatic heterocycles. The second kappa shape index (κ2) is 6.92. The smallest absolute Gasteiger partial charge is 0.164 e. The fourth-order valence-electron chi connectivity index (χ4n) is 2.04. The second-order valence-corrected chi connectivity index (χ2v) is 5.07. The highest BCUT2D eigenvalue weighted by molar-refractivity contribution is 9.10. The van der Waals surface area contributed by atoms with Crippen LogP contribution in [0.25, 0.3) is 0 Å². The highest BCUT2D eigenvalue weighted by Crippen LogP contribution is 2.30. The lowest BCUT2D eigenvalue weighted by Gasteiger charge is -2.15. The number of carbonyl (C=O) groups is 1. The molecule has 0 unspecified atom stereocenters. The topological polar surface area (TPSA) is 43.1 Å². The summed E-state index contributed by atoms with van der Waals surface area (Å²) < 4.78 is 1.04. The van der Waals surface area contributed by atoms with Gasteiger partial charge >= 0.3 is 0 Å². The van der Waals surface area contributed by atoms with E-state index in [0.29, 0.717) is 18.9 Å². The number of nitrogens with two attached hydrogens (primary N) is 1. The van der Waals surface area contributed by atoms with Crippen molar-refractivity contribution in [1.29, 1.82) is 0 Å². The van der Waals surface area contributed by atoms with Gasteiger partial charge in [-0.1, -0.05) is 41.9 Å². The van der Waals surface area contributed by atoms with Crippen molar-refractivity contribution in [2.45, 2.75) is 39.0 Å². The lowest BCUT2D eigenvalue weighted by atomic mass is 9.92. The van der Waals surface area contributed by atoms with Gasteiger partial charge in [-0.3, -0.25) is 4.79 Å². The Balaban J connectivity index is 2.97. The molecular weight excluding hydrogens is 278 g/mol. The SMILES string of the molecule is CCC(CC)c1ccc(C(=O)CCN)cc1Br. The first-order valence-electron chi connectivity index (χ1n) is 6.16. The molecule has 94 valence electrons. The first-order valence-corrected chi connectivity index (χ1v) is 6.96. The zero-order valence-corrected chi connectivity index (χ0v) is 12.1. The monoisotopic (exact) mass is 297 g/mol. The summed E-state index contributed by atoms with van der Waals surface area (Å²) in [6.45, 7) is 4.78. The van der Waals surface area contributed by atoms with Crippen LogP contribution in [0.1, 0.15) is 54.9 Å². The molecule has 0 spiro atoms. The number of halogens is 1. The highest BCUT2D eigenvalue weighted by atomic mass is 79.9. The van der Waals surface area contributed by atoms with Gasteiger partial charge in [0, 0.05) is 16.5 Å². The van der Waals surface area contributed by atoms with Gasteiger partial charge in [-0.2, -0.15) is 0 Å². The molecule has 1 aromatic carbocycles. The molecule has 0 aliphatic rings. The Morgan fingerprint density at radius 2 is 2.00 bits per heavy atom. The minimum Gasteiger partial charge on any atom is -0.330 e. The predicted octanol–water partition coefficient (Wildman–Crippen LogP) is 3.88. The molecule has 0 heterocycles. The number of hydrogen-bond donors (Lipinski definition) is 1. The normalized spacial score (nSPS) is 10.9. The van der Waals surface area contributed by atoms with Crippen molar-refractivity contribution in [2.24, 2.45) is 5.73 Å². The van der Waals surface area contributed by atoms with Crippen LogP contribution in [-0.4, -0.2) is 12.3 Å². The zero-order valence-electron chi connectivity index (χ0n) is 10.5. The summed E-state index contributed by atoms with van der Waals surface area (Å²) in [4.78, 5) is 11.7. The van der Waals surface area contributed by atoms with Crippen molar-refractivity contribution in [1.82, 2.24) is 0 Å². The Morgan fingerprint density at radius 1 is 1.35 bits per heavy atom. The molecule has 0 amide bonds. The van der Waals surface area contributed by atoms with E-state index >= 15 is 0 Å². The van der Waals surface area contributed by atoms with Gasteiger partial charge in [-0.25, -0.2) is 0 Å². The Bertz CT molecular complexity index is 386. The molecule has 0 fully saturated rings. The van der Waals surface area contributed by atoms with E-state index in [1.807, 2.05) is 12.1 Å². The van der Waals surface area contributed by atoms with Crippen molar-refractivity contribution in [3.8, 4) is 0 Å².